The lowest BCUT2D eigenvalue weighted by Crippen LogP contribution is -2.38. The van der Waals surface area contributed by atoms with Gasteiger partial charge in [0.15, 0.2) is 0 Å². The quantitative estimate of drug-likeness (QED) is 0.781. The van der Waals surface area contributed by atoms with Crippen LogP contribution in [0.25, 0.3) is 11.3 Å². The van der Waals surface area contributed by atoms with Gasteiger partial charge in [-0.2, -0.15) is 0 Å². The molecule has 2 amide bonds. The van der Waals surface area contributed by atoms with Gasteiger partial charge in [0.05, 0.1) is 18.3 Å². The molecule has 2 aromatic rings. The SMILES string of the molecule is Cc1ccc(-c2cc(C(=O)NC(C)CO)cc(N3C(=O)OCC3C(C)C)c2)nc1. The zero-order chi connectivity index (χ0) is 21.1. The van der Waals surface area contributed by atoms with Crippen LogP contribution in [0.15, 0.2) is 36.5 Å². The number of aliphatic hydroxyl groups excluding tert-OH is 1. The Morgan fingerprint density at radius 3 is 2.69 bits per heavy atom. The average Bonchev–Trinajstić information content (AvgIpc) is 3.09. The number of carbonyl (C=O) groups is 2. The van der Waals surface area contributed by atoms with E-state index >= 15 is 0 Å². The Morgan fingerprint density at radius 2 is 2.07 bits per heavy atom. The summed E-state index contributed by atoms with van der Waals surface area (Å²) in [7, 11) is 0. The van der Waals surface area contributed by atoms with E-state index in [4.69, 9.17) is 4.74 Å². The van der Waals surface area contributed by atoms with Gasteiger partial charge >= 0.3 is 6.09 Å². The van der Waals surface area contributed by atoms with Gasteiger partial charge in [-0.3, -0.25) is 14.7 Å². The topological polar surface area (TPSA) is 91.8 Å². The second-order valence-electron chi connectivity index (χ2n) is 7.80. The molecule has 3 rings (SSSR count). The number of ether oxygens (including phenoxy) is 1. The highest BCUT2D eigenvalue weighted by atomic mass is 16.6. The van der Waals surface area contributed by atoms with Crippen LogP contribution in [0.3, 0.4) is 0 Å². The van der Waals surface area contributed by atoms with Gasteiger partial charge in [-0.1, -0.05) is 19.9 Å². The smallest absolute Gasteiger partial charge is 0.414 e. The molecule has 1 aliphatic rings. The van der Waals surface area contributed by atoms with E-state index in [-0.39, 0.29) is 30.5 Å². The number of amides is 2. The highest BCUT2D eigenvalue weighted by Gasteiger charge is 2.36. The van der Waals surface area contributed by atoms with Crippen molar-refractivity contribution in [2.45, 2.75) is 39.8 Å². The Kier molecular flexibility index (Phi) is 6.17. The molecular formula is C22H27N3O4. The van der Waals surface area contributed by atoms with Crippen LogP contribution in [-0.2, 0) is 4.74 Å². The maximum absolute atomic E-state index is 12.7. The number of rotatable bonds is 6. The number of pyridine rings is 1. The summed E-state index contributed by atoms with van der Waals surface area (Å²) in [5, 5.41) is 12.0. The lowest BCUT2D eigenvalue weighted by atomic mass is 10.0. The van der Waals surface area contributed by atoms with Crippen molar-refractivity contribution < 1.29 is 19.4 Å². The van der Waals surface area contributed by atoms with Crippen molar-refractivity contribution in [2.24, 2.45) is 5.92 Å². The van der Waals surface area contributed by atoms with Crippen molar-refractivity contribution in [1.82, 2.24) is 10.3 Å². The first-order valence-corrected chi connectivity index (χ1v) is 9.76. The molecule has 154 valence electrons. The summed E-state index contributed by atoms with van der Waals surface area (Å²) in [6.45, 7) is 7.88. The predicted molar refractivity (Wildman–Crippen MR) is 111 cm³/mol. The molecule has 1 fully saturated rings. The van der Waals surface area contributed by atoms with Gasteiger partial charge in [-0.25, -0.2) is 4.79 Å². The molecule has 0 spiro atoms. The molecule has 2 atom stereocenters. The van der Waals surface area contributed by atoms with Gasteiger partial charge < -0.3 is 15.2 Å². The van der Waals surface area contributed by atoms with E-state index in [0.717, 1.165) is 11.1 Å². The van der Waals surface area contributed by atoms with E-state index in [1.165, 1.54) is 0 Å². The van der Waals surface area contributed by atoms with Crippen molar-refractivity contribution in [2.75, 3.05) is 18.1 Å². The Morgan fingerprint density at radius 1 is 1.31 bits per heavy atom. The summed E-state index contributed by atoms with van der Waals surface area (Å²) >= 11 is 0. The van der Waals surface area contributed by atoms with Gasteiger partial charge in [-0.15, -0.1) is 0 Å². The van der Waals surface area contributed by atoms with Crippen molar-refractivity contribution in [3.8, 4) is 11.3 Å². The molecule has 2 heterocycles. The Hall–Kier alpha value is -2.93. The fraction of sp³-hybridized carbons (Fsp3) is 0.409. The normalized spacial score (nSPS) is 17.4. The van der Waals surface area contributed by atoms with Crippen LogP contribution in [0, 0.1) is 12.8 Å². The fourth-order valence-electron chi connectivity index (χ4n) is 3.24. The molecule has 2 N–H and O–H groups in total. The number of hydrogen-bond donors (Lipinski definition) is 2. The minimum absolute atomic E-state index is 0.115. The van der Waals surface area contributed by atoms with Gasteiger partial charge in [0, 0.05) is 29.1 Å². The van der Waals surface area contributed by atoms with Crippen LogP contribution in [-0.4, -0.2) is 47.4 Å². The van der Waals surface area contributed by atoms with Crippen molar-refractivity contribution in [3.63, 3.8) is 0 Å². The monoisotopic (exact) mass is 397 g/mol. The Balaban J connectivity index is 2.08. The maximum atomic E-state index is 12.7. The summed E-state index contributed by atoms with van der Waals surface area (Å²) in [6.07, 6.45) is 1.34. The number of benzene rings is 1. The number of aryl methyl sites for hydroxylation is 1. The third-order valence-electron chi connectivity index (χ3n) is 4.99. The van der Waals surface area contributed by atoms with E-state index < -0.39 is 6.09 Å². The third-order valence-corrected chi connectivity index (χ3v) is 4.99. The molecule has 1 aromatic heterocycles. The van der Waals surface area contributed by atoms with Gasteiger partial charge in [0.25, 0.3) is 5.91 Å². The number of nitrogens with one attached hydrogen (secondary N) is 1. The van der Waals surface area contributed by atoms with Crippen LogP contribution < -0.4 is 10.2 Å². The van der Waals surface area contributed by atoms with Crippen molar-refractivity contribution in [3.05, 3.63) is 47.7 Å². The van der Waals surface area contributed by atoms with Crippen molar-refractivity contribution >= 4 is 17.7 Å². The van der Waals surface area contributed by atoms with Crippen LogP contribution in [0.2, 0.25) is 0 Å². The number of nitrogens with zero attached hydrogens (tertiary/aromatic N) is 2. The van der Waals surface area contributed by atoms with E-state index in [9.17, 15) is 14.7 Å². The van der Waals surface area contributed by atoms with Gasteiger partial charge in [0.1, 0.15) is 6.61 Å². The second-order valence-corrected chi connectivity index (χ2v) is 7.80. The molecule has 0 radical (unpaired) electrons. The summed E-state index contributed by atoms with van der Waals surface area (Å²) < 4.78 is 5.28. The van der Waals surface area contributed by atoms with Crippen molar-refractivity contribution in [1.29, 1.82) is 0 Å². The predicted octanol–water partition coefficient (Wildman–Crippen LogP) is 3.15. The highest BCUT2D eigenvalue weighted by molar-refractivity contribution is 5.99. The van der Waals surface area contributed by atoms with Crippen LogP contribution >= 0.6 is 0 Å². The molecule has 0 bridgehead atoms. The molecule has 2 unspecified atom stereocenters. The van der Waals surface area contributed by atoms with E-state index in [1.807, 2.05) is 39.0 Å². The average molecular weight is 397 g/mol. The zero-order valence-corrected chi connectivity index (χ0v) is 17.2. The number of aliphatic hydroxyl groups is 1. The number of carbonyl (C=O) groups excluding carboxylic acids is 2. The molecule has 1 aliphatic heterocycles. The summed E-state index contributed by atoms with van der Waals surface area (Å²) in [5.74, 6) is -0.135. The van der Waals surface area contributed by atoms with E-state index in [0.29, 0.717) is 23.6 Å². The number of aromatic nitrogens is 1. The lowest BCUT2D eigenvalue weighted by Gasteiger charge is -2.25. The first-order chi connectivity index (χ1) is 13.8. The maximum Gasteiger partial charge on any atom is 0.414 e. The number of anilines is 1. The van der Waals surface area contributed by atoms with Crippen LogP contribution in [0.5, 0.6) is 0 Å². The first kappa shape index (κ1) is 20.8. The summed E-state index contributed by atoms with van der Waals surface area (Å²) in [4.78, 5) is 31.2. The van der Waals surface area contributed by atoms with Crippen LogP contribution in [0.1, 0.15) is 36.7 Å². The van der Waals surface area contributed by atoms with Gasteiger partial charge in [0.2, 0.25) is 0 Å². The molecule has 7 nitrogen and oxygen atoms in total. The molecule has 7 heteroatoms. The molecule has 0 saturated carbocycles. The summed E-state index contributed by atoms with van der Waals surface area (Å²) in [6, 6.07) is 8.61. The lowest BCUT2D eigenvalue weighted by molar-refractivity contribution is 0.0922. The first-order valence-electron chi connectivity index (χ1n) is 9.76. The van der Waals surface area contributed by atoms with E-state index in [2.05, 4.69) is 10.3 Å². The third kappa shape index (κ3) is 4.56. The molecule has 1 saturated heterocycles. The minimum atomic E-state index is -0.423. The standard InChI is InChI=1S/C22H27N3O4/c1-13(2)20-12-29-22(28)25(20)18-8-16(19-6-5-14(3)10-23-19)7-17(9-18)21(27)24-15(4)11-26/h5-10,13,15,20,26H,11-12H2,1-4H3,(H,24,27). The number of hydrogen-bond acceptors (Lipinski definition) is 5. The number of cyclic esters (lactones) is 1. The summed E-state index contributed by atoms with van der Waals surface area (Å²) in [5.41, 5.74) is 3.44. The fourth-order valence-corrected chi connectivity index (χ4v) is 3.24. The zero-order valence-electron chi connectivity index (χ0n) is 17.2. The van der Waals surface area contributed by atoms with Gasteiger partial charge in [-0.05, 0) is 49.6 Å². The Labute approximate surface area is 170 Å². The minimum Gasteiger partial charge on any atom is -0.447 e. The molecule has 1 aromatic carbocycles. The highest BCUT2D eigenvalue weighted by Crippen LogP contribution is 2.32. The van der Waals surface area contributed by atoms with E-state index in [1.54, 1.807) is 30.2 Å². The van der Waals surface area contributed by atoms with Crippen LogP contribution in [0.4, 0.5) is 10.5 Å². The second kappa shape index (κ2) is 8.61. The molecule has 0 aliphatic carbocycles. The molecule has 29 heavy (non-hydrogen) atoms. The Bertz CT molecular complexity index is 895. The largest absolute Gasteiger partial charge is 0.447 e. The molecular weight excluding hydrogens is 370 g/mol.